The number of hydrogen-bond donors (Lipinski definition) is 3. The molecule has 2 amide bonds. The Morgan fingerprint density at radius 3 is 2.20 bits per heavy atom. The first kappa shape index (κ1) is 16.0. The highest BCUT2D eigenvalue weighted by atomic mass is 16.4. The quantitative estimate of drug-likeness (QED) is 0.748. The van der Waals surface area contributed by atoms with Gasteiger partial charge in [0.15, 0.2) is 0 Å². The van der Waals surface area contributed by atoms with Crippen LogP contribution in [0.2, 0.25) is 0 Å². The van der Waals surface area contributed by atoms with Gasteiger partial charge in [-0.3, -0.25) is 0 Å². The lowest BCUT2D eigenvalue weighted by molar-refractivity contribution is -0.139. The predicted octanol–water partition coefficient (Wildman–Crippen LogP) is 2.55. The van der Waals surface area contributed by atoms with Gasteiger partial charge in [-0.15, -0.1) is 0 Å². The zero-order valence-corrected chi connectivity index (χ0v) is 12.1. The maximum absolute atomic E-state index is 11.8. The van der Waals surface area contributed by atoms with Gasteiger partial charge in [-0.1, -0.05) is 44.2 Å². The minimum absolute atomic E-state index is 0.176. The Bertz CT molecular complexity index is 446. The number of nitrogens with one attached hydrogen (secondary N) is 2. The SMILES string of the molecule is CC(C)C[C@@H](NC(=O)N[C@@H](C)c1ccccc1)C(=O)O. The molecule has 0 saturated heterocycles. The number of carboxylic acid groups (broad SMARTS) is 1. The van der Waals surface area contributed by atoms with E-state index in [2.05, 4.69) is 10.6 Å². The second-order valence-electron chi connectivity index (χ2n) is 5.27. The van der Waals surface area contributed by atoms with Crippen molar-refractivity contribution in [3.8, 4) is 0 Å². The van der Waals surface area contributed by atoms with Crippen molar-refractivity contribution in [1.29, 1.82) is 0 Å². The summed E-state index contributed by atoms with van der Waals surface area (Å²) in [6.07, 6.45) is 0.405. The Morgan fingerprint density at radius 1 is 1.10 bits per heavy atom. The molecule has 0 aromatic heterocycles. The Morgan fingerprint density at radius 2 is 1.70 bits per heavy atom. The number of aliphatic carboxylic acids is 1. The summed E-state index contributed by atoms with van der Waals surface area (Å²) in [6.45, 7) is 5.69. The highest BCUT2D eigenvalue weighted by molar-refractivity contribution is 5.82. The van der Waals surface area contributed by atoms with Gasteiger partial charge < -0.3 is 15.7 Å². The fourth-order valence-corrected chi connectivity index (χ4v) is 1.91. The molecule has 0 aliphatic rings. The first-order valence-electron chi connectivity index (χ1n) is 6.75. The first-order chi connectivity index (χ1) is 9.40. The summed E-state index contributed by atoms with van der Waals surface area (Å²) in [5, 5.41) is 14.3. The molecule has 5 heteroatoms. The standard InChI is InChI=1S/C15H22N2O3/c1-10(2)9-13(14(18)19)17-15(20)16-11(3)12-7-5-4-6-8-12/h4-8,10-11,13H,9H2,1-3H3,(H,18,19)(H2,16,17,20)/t11-,13+/m0/s1. The van der Waals surface area contributed by atoms with Gasteiger partial charge in [0.2, 0.25) is 0 Å². The third-order valence-electron chi connectivity index (χ3n) is 2.96. The fourth-order valence-electron chi connectivity index (χ4n) is 1.91. The van der Waals surface area contributed by atoms with Gasteiger partial charge in [0.05, 0.1) is 6.04 Å². The van der Waals surface area contributed by atoms with Crippen molar-refractivity contribution in [2.75, 3.05) is 0 Å². The second kappa shape index (κ2) is 7.53. The van der Waals surface area contributed by atoms with Crippen molar-refractivity contribution in [3.63, 3.8) is 0 Å². The molecule has 110 valence electrons. The van der Waals surface area contributed by atoms with E-state index in [1.165, 1.54) is 0 Å². The van der Waals surface area contributed by atoms with Crippen LogP contribution in [-0.4, -0.2) is 23.1 Å². The number of carbonyl (C=O) groups is 2. The van der Waals surface area contributed by atoms with Crippen LogP contribution in [0, 0.1) is 5.92 Å². The molecule has 0 bridgehead atoms. The van der Waals surface area contributed by atoms with Crippen molar-refractivity contribution in [1.82, 2.24) is 10.6 Å². The Balaban J connectivity index is 2.55. The fraction of sp³-hybridized carbons (Fsp3) is 0.467. The van der Waals surface area contributed by atoms with E-state index in [9.17, 15) is 9.59 Å². The highest BCUT2D eigenvalue weighted by Crippen LogP contribution is 2.11. The lowest BCUT2D eigenvalue weighted by Gasteiger charge is -2.19. The molecule has 20 heavy (non-hydrogen) atoms. The number of urea groups is 1. The van der Waals surface area contributed by atoms with Gasteiger partial charge >= 0.3 is 12.0 Å². The van der Waals surface area contributed by atoms with Crippen LogP contribution in [0.5, 0.6) is 0 Å². The minimum atomic E-state index is -1.01. The van der Waals surface area contributed by atoms with E-state index in [1.807, 2.05) is 51.1 Å². The van der Waals surface area contributed by atoms with Gasteiger partial charge in [0.25, 0.3) is 0 Å². The Hall–Kier alpha value is -2.04. The van der Waals surface area contributed by atoms with E-state index in [0.29, 0.717) is 6.42 Å². The lowest BCUT2D eigenvalue weighted by Crippen LogP contribution is -2.47. The zero-order chi connectivity index (χ0) is 15.1. The van der Waals surface area contributed by atoms with Crippen LogP contribution in [0.25, 0.3) is 0 Å². The average Bonchev–Trinajstić information content (AvgIpc) is 2.38. The molecule has 0 aliphatic heterocycles. The minimum Gasteiger partial charge on any atom is -0.480 e. The first-order valence-corrected chi connectivity index (χ1v) is 6.75. The van der Waals surface area contributed by atoms with E-state index in [1.54, 1.807) is 0 Å². The van der Waals surface area contributed by atoms with Crippen molar-refractivity contribution in [3.05, 3.63) is 35.9 Å². The molecule has 0 aliphatic carbocycles. The molecule has 0 fully saturated rings. The summed E-state index contributed by atoms with van der Waals surface area (Å²) in [5.41, 5.74) is 0.971. The molecule has 1 aromatic rings. The van der Waals surface area contributed by atoms with Crippen LogP contribution >= 0.6 is 0 Å². The summed E-state index contributed by atoms with van der Waals surface area (Å²) in [4.78, 5) is 22.9. The molecule has 0 saturated carbocycles. The highest BCUT2D eigenvalue weighted by Gasteiger charge is 2.21. The van der Waals surface area contributed by atoms with Crippen LogP contribution < -0.4 is 10.6 Å². The monoisotopic (exact) mass is 278 g/mol. The zero-order valence-electron chi connectivity index (χ0n) is 12.1. The average molecular weight is 278 g/mol. The predicted molar refractivity (Wildman–Crippen MR) is 77.4 cm³/mol. The number of carbonyl (C=O) groups excluding carboxylic acids is 1. The largest absolute Gasteiger partial charge is 0.480 e. The summed E-state index contributed by atoms with van der Waals surface area (Å²) in [6, 6.07) is 8.01. The molecule has 0 heterocycles. The topological polar surface area (TPSA) is 78.4 Å². The van der Waals surface area contributed by atoms with Gasteiger partial charge in [-0.25, -0.2) is 9.59 Å². The van der Waals surface area contributed by atoms with Crippen molar-refractivity contribution < 1.29 is 14.7 Å². The molecule has 3 N–H and O–H groups in total. The van der Waals surface area contributed by atoms with E-state index < -0.39 is 18.0 Å². The lowest BCUT2D eigenvalue weighted by atomic mass is 10.0. The van der Waals surface area contributed by atoms with E-state index in [4.69, 9.17) is 5.11 Å². The Kier molecular flexibility index (Phi) is 6.03. The number of hydrogen-bond acceptors (Lipinski definition) is 2. The molecule has 5 nitrogen and oxygen atoms in total. The number of benzene rings is 1. The smallest absolute Gasteiger partial charge is 0.326 e. The van der Waals surface area contributed by atoms with E-state index in [-0.39, 0.29) is 12.0 Å². The van der Waals surface area contributed by atoms with E-state index >= 15 is 0 Å². The van der Waals surface area contributed by atoms with Gasteiger partial charge in [0.1, 0.15) is 6.04 Å². The second-order valence-corrected chi connectivity index (χ2v) is 5.27. The van der Waals surface area contributed by atoms with Crippen molar-refractivity contribution >= 4 is 12.0 Å². The van der Waals surface area contributed by atoms with Gasteiger partial charge in [-0.2, -0.15) is 0 Å². The number of amides is 2. The molecular weight excluding hydrogens is 256 g/mol. The maximum Gasteiger partial charge on any atom is 0.326 e. The maximum atomic E-state index is 11.8. The van der Waals surface area contributed by atoms with Crippen LogP contribution in [0.4, 0.5) is 4.79 Å². The summed E-state index contributed by atoms with van der Waals surface area (Å²) >= 11 is 0. The van der Waals surface area contributed by atoms with Crippen molar-refractivity contribution in [2.24, 2.45) is 5.92 Å². The number of carboxylic acids is 1. The molecule has 0 spiro atoms. The molecule has 1 rings (SSSR count). The summed E-state index contributed by atoms with van der Waals surface area (Å²) in [7, 11) is 0. The van der Waals surface area contributed by atoms with Crippen LogP contribution in [0.3, 0.4) is 0 Å². The van der Waals surface area contributed by atoms with Crippen LogP contribution in [-0.2, 0) is 4.79 Å². The van der Waals surface area contributed by atoms with Crippen molar-refractivity contribution in [2.45, 2.75) is 39.3 Å². The Labute approximate surface area is 119 Å². The molecular formula is C15H22N2O3. The molecule has 0 unspecified atom stereocenters. The van der Waals surface area contributed by atoms with Crippen LogP contribution in [0.1, 0.15) is 38.8 Å². The number of rotatable bonds is 6. The molecule has 2 atom stereocenters. The third-order valence-corrected chi connectivity index (χ3v) is 2.96. The van der Waals surface area contributed by atoms with Gasteiger partial charge in [0, 0.05) is 0 Å². The third kappa shape index (κ3) is 5.30. The van der Waals surface area contributed by atoms with Crippen LogP contribution in [0.15, 0.2) is 30.3 Å². The molecule has 0 radical (unpaired) electrons. The van der Waals surface area contributed by atoms with Gasteiger partial charge in [-0.05, 0) is 24.8 Å². The normalized spacial score (nSPS) is 13.6. The van der Waals surface area contributed by atoms with E-state index in [0.717, 1.165) is 5.56 Å². The summed E-state index contributed by atoms with van der Waals surface area (Å²) < 4.78 is 0. The summed E-state index contributed by atoms with van der Waals surface area (Å²) in [5.74, 6) is -0.816. The molecule has 1 aromatic carbocycles.